The molecule has 2 fully saturated rings. The van der Waals surface area contributed by atoms with Crippen LogP contribution >= 0.6 is 0 Å². The Balaban J connectivity index is 1.41. The van der Waals surface area contributed by atoms with Crippen LogP contribution in [0.4, 0.5) is 0 Å². The second kappa shape index (κ2) is 8.32. The minimum Gasteiger partial charge on any atom is -0.497 e. The molecular weight excluding hydrogens is 394 g/mol. The van der Waals surface area contributed by atoms with E-state index in [1.54, 1.807) is 13.4 Å². The zero-order chi connectivity index (χ0) is 22.2. The summed E-state index contributed by atoms with van der Waals surface area (Å²) in [6.45, 7) is 6.49. The molecule has 1 aromatic carbocycles. The van der Waals surface area contributed by atoms with Crippen molar-refractivity contribution in [3.63, 3.8) is 0 Å². The van der Waals surface area contributed by atoms with E-state index in [9.17, 15) is 9.59 Å². The molecule has 2 aliphatic rings. The zero-order valence-electron chi connectivity index (χ0n) is 18.7. The van der Waals surface area contributed by atoms with Crippen LogP contribution in [0.3, 0.4) is 0 Å². The van der Waals surface area contributed by atoms with Crippen molar-refractivity contribution >= 4 is 11.8 Å². The summed E-state index contributed by atoms with van der Waals surface area (Å²) in [5, 5.41) is 8.38. The molecule has 1 atom stereocenters. The fraction of sp³-hybridized carbons (Fsp3) is 0.565. The number of carbonyl (C=O) groups excluding carboxylic acids is 2. The maximum absolute atomic E-state index is 12.8. The average molecular weight is 426 g/mol. The van der Waals surface area contributed by atoms with Crippen LogP contribution in [0.2, 0.25) is 0 Å². The van der Waals surface area contributed by atoms with Crippen molar-refractivity contribution in [3.05, 3.63) is 42.0 Å². The average Bonchev–Trinajstić information content (AvgIpc) is 3.34. The van der Waals surface area contributed by atoms with Gasteiger partial charge in [-0.3, -0.25) is 9.59 Å². The lowest BCUT2D eigenvalue weighted by Gasteiger charge is -2.50. The van der Waals surface area contributed by atoms with Crippen LogP contribution in [0.5, 0.6) is 5.75 Å². The summed E-state index contributed by atoms with van der Waals surface area (Å²) in [5.74, 6) is 2.08. The van der Waals surface area contributed by atoms with E-state index in [4.69, 9.17) is 4.74 Å². The summed E-state index contributed by atoms with van der Waals surface area (Å²) >= 11 is 0. The first-order chi connectivity index (χ1) is 14.8. The van der Waals surface area contributed by atoms with Crippen molar-refractivity contribution in [2.24, 2.45) is 18.4 Å². The predicted molar refractivity (Wildman–Crippen MR) is 115 cm³/mol. The summed E-state index contributed by atoms with van der Waals surface area (Å²) in [4.78, 5) is 29.4. The van der Waals surface area contributed by atoms with Crippen molar-refractivity contribution in [1.82, 2.24) is 24.6 Å². The Bertz CT molecular complexity index is 946. The lowest BCUT2D eigenvalue weighted by molar-refractivity contribution is -0.144. The van der Waals surface area contributed by atoms with Crippen LogP contribution in [-0.2, 0) is 23.1 Å². The SMILES string of the molecule is COc1ccc(CCC(=O)N2CC3(C2)CN(C(=O)C(C)C)CC3c2nncn2C)cc1. The van der Waals surface area contributed by atoms with E-state index in [2.05, 4.69) is 10.2 Å². The molecule has 0 aliphatic carbocycles. The number of hydrogen-bond donors (Lipinski definition) is 0. The van der Waals surface area contributed by atoms with Gasteiger partial charge in [0.15, 0.2) is 0 Å². The molecule has 2 amide bonds. The van der Waals surface area contributed by atoms with Crippen LogP contribution in [0.15, 0.2) is 30.6 Å². The molecule has 0 N–H and O–H groups in total. The van der Waals surface area contributed by atoms with Crippen molar-refractivity contribution in [2.45, 2.75) is 32.6 Å². The number of aromatic nitrogens is 3. The standard InChI is InChI=1S/C23H31N5O3/c1-16(2)22(30)27-11-19(21-25-24-15-26(21)3)23(12-27)13-28(14-23)20(29)10-7-17-5-8-18(31-4)9-6-17/h5-6,8-9,15-16,19H,7,10-14H2,1-4H3. The van der Waals surface area contributed by atoms with Gasteiger partial charge in [0.25, 0.3) is 0 Å². The number of rotatable bonds is 6. The Morgan fingerprint density at radius 2 is 1.84 bits per heavy atom. The van der Waals surface area contributed by atoms with Gasteiger partial charge in [-0.25, -0.2) is 0 Å². The normalized spacial score (nSPS) is 19.7. The highest BCUT2D eigenvalue weighted by molar-refractivity contribution is 5.80. The highest BCUT2D eigenvalue weighted by Gasteiger charge is 2.57. The first kappa shape index (κ1) is 21.3. The lowest BCUT2D eigenvalue weighted by Crippen LogP contribution is -2.62. The number of carbonyl (C=O) groups is 2. The number of nitrogens with zero attached hydrogens (tertiary/aromatic N) is 5. The minimum absolute atomic E-state index is 0.0439. The van der Waals surface area contributed by atoms with Crippen LogP contribution < -0.4 is 4.74 Å². The van der Waals surface area contributed by atoms with E-state index in [1.807, 2.05) is 59.5 Å². The monoisotopic (exact) mass is 425 g/mol. The number of benzene rings is 1. The van der Waals surface area contributed by atoms with Gasteiger partial charge in [-0.1, -0.05) is 26.0 Å². The van der Waals surface area contributed by atoms with Gasteiger partial charge < -0.3 is 19.1 Å². The third-order valence-corrected chi connectivity index (χ3v) is 6.66. The van der Waals surface area contributed by atoms with Gasteiger partial charge in [-0.2, -0.15) is 0 Å². The van der Waals surface area contributed by atoms with Gasteiger partial charge >= 0.3 is 0 Å². The first-order valence-corrected chi connectivity index (χ1v) is 10.9. The first-order valence-electron chi connectivity index (χ1n) is 10.9. The smallest absolute Gasteiger partial charge is 0.225 e. The van der Waals surface area contributed by atoms with E-state index in [0.717, 1.165) is 17.1 Å². The van der Waals surface area contributed by atoms with Gasteiger partial charge in [0.2, 0.25) is 11.8 Å². The molecule has 0 saturated carbocycles. The van der Waals surface area contributed by atoms with Crippen molar-refractivity contribution in [3.8, 4) is 5.75 Å². The summed E-state index contributed by atoms with van der Waals surface area (Å²) in [6.07, 6.45) is 2.88. The Labute approximate surface area is 183 Å². The number of methoxy groups -OCH3 is 1. The third kappa shape index (κ3) is 4.03. The van der Waals surface area contributed by atoms with Gasteiger partial charge in [-0.05, 0) is 24.1 Å². The molecular formula is C23H31N5O3. The molecule has 3 heterocycles. The predicted octanol–water partition coefficient (Wildman–Crippen LogP) is 1.87. The molecule has 2 aromatic rings. The number of amides is 2. The summed E-state index contributed by atoms with van der Waals surface area (Å²) in [5.41, 5.74) is 0.983. The van der Waals surface area contributed by atoms with E-state index >= 15 is 0 Å². The second-order valence-corrected chi connectivity index (χ2v) is 9.19. The Hall–Kier alpha value is -2.90. The molecule has 166 valence electrons. The molecule has 0 radical (unpaired) electrons. The number of hydrogen-bond acceptors (Lipinski definition) is 5. The van der Waals surface area contributed by atoms with Crippen molar-refractivity contribution < 1.29 is 14.3 Å². The van der Waals surface area contributed by atoms with Gasteiger partial charge in [0.1, 0.15) is 17.9 Å². The fourth-order valence-corrected chi connectivity index (χ4v) is 4.88. The quantitative estimate of drug-likeness (QED) is 0.706. The van der Waals surface area contributed by atoms with E-state index in [1.165, 1.54) is 0 Å². The highest BCUT2D eigenvalue weighted by atomic mass is 16.5. The van der Waals surface area contributed by atoms with E-state index in [-0.39, 0.29) is 29.1 Å². The molecule has 4 rings (SSSR count). The molecule has 1 unspecified atom stereocenters. The topological polar surface area (TPSA) is 80.6 Å². The van der Waals surface area contributed by atoms with Gasteiger partial charge in [-0.15, -0.1) is 10.2 Å². The summed E-state index contributed by atoms with van der Waals surface area (Å²) < 4.78 is 7.12. The number of likely N-dealkylation sites (tertiary alicyclic amines) is 2. The molecule has 31 heavy (non-hydrogen) atoms. The summed E-state index contributed by atoms with van der Waals surface area (Å²) in [6, 6.07) is 7.84. The van der Waals surface area contributed by atoms with Crippen LogP contribution in [0.25, 0.3) is 0 Å². The summed E-state index contributed by atoms with van der Waals surface area (Å²) in [7, 11) is 3.58. The Morgan fingerprint density at radius 3 is 2.42 bits per heavy atom. The van der Waals surface area contributed by atoms with Crippen LogP contribution in [-0.4, -0.2) is 69.7 Å². The number of ether oxygens (including phenoxy) is 1. The largest absolute Gasteiger partial charge is 0.497 e. The minimum atomic E-state index is -0.138. The van der Waals surface area contributed by atoms with Crippen LogP contribution in [0, 0.1) is 11.3 Å². The van der Waals surface area contributed by atoms with Crippen molar-refractivity contribution in [1.29, 1.82) is 0 Å². The Kier molecular flexibility index (Phi) is 5.73. The highest BCUT2D eigenvalue weighted by Crippen LogP contribution is 2.49. The molecule has 1 spiro atoms. The molecule has 1 aromatic heterocycles. The molecule has 2 saturated heterocycles. The van der Waals surface area contributed by atoms with Crippen molar-refractivity contribution in [2.75, 3.05) is 33.3 Å². The maximum Gasteiger partial charge on any atom is 0.225 e. The lowest BCUT2D eigenvalue weighted by atomic mass is 9.71. The zero-order valence-corrected chi connectivity index (χ0v) is 18.7. The van der Waals surface area contributed by atoms with E-state index in [0.29, 0.717) is 39.0 Å². The second-order valence-electron chi connectivity index (χ2n) is 9.19. The van der Waals surface area contributed by atoms with Gasteiger partial charge in [0, 0.05) is 56.9 Å². The number of aryl methyl sites for hydroxylation is 2. The maximum atomic E-state index is 12.8. The Morgan fingerprint density at radius 1 is 1.16 bits per heavy atom. The fourth-order valence-electron chi connectivity index (χ4n) is 4.88. The third-order valence-electron chi connectivity index (χ3n) is 6.66. The molecule has 0 bridgehead atoms. The van der Waals surface area contributed by atoms with Gasteiger partial charge in [0.05, 0.1) is 7.11 Å². The molecule has 8 heteroatoms. The molecule has 2 aliphatic heterocycles. The van der Waals surface area contributed by atoms with E-state index < -0.39 is 0 Å². The van der Waals surface area contributed by atoms with Crippen LogP contribution in [0.1, 0.15) is 37.6 Å². The molecule has 8 nitrogen and oxygen atoms in total.